The molecule has 1 aliphatic rings. The number of hydrogen-bond donors (Lipinski definition) is 2. The lowest BCUT2D eigenvalue weighted by molar-refractivity contribution is 0.120. The van der Waals surface area contributed by atoms with Crippen LogP contribution in [0.2, 0.25) is 0 Å². The third-order valence-electron chi connectivity index (χ3n) is 3.48. The van der Waals surface area contributed by atoms with Crippen LogP contribution in [0.15, 0.2) is 24.3 Å². The van der Waals surface area contributed by atoms with Crippen molar-refractivity contribution in [3.63, 3.8) is 0 Å². The van der Waals surface area contributed by atoms with E-state index in [9.17, 15) is 13.5 Å². The summed E-state index contributed by atoms with van der Waals surface area (Å²) in [5, 5.41) is 18.1. The van der Waals surface area contributed by atoms with Gasteiger partial charge < -0.3 is 5.11 Å². The summed E-state index contributed by atoms with van der Waals surface area (Å²) in [4.78, 5) is 0. The SMILES string of the molecule is N#Cc1ccc(CS(=O)(=O)NC2CCC(O)CC2)cc1. The highest BCUT2D eigenvalue weighted by Crippen LogP contribution is 2.19. The van der Waals surface area contributed by atoms with Gasteiger partial charge in [0.25, 0.3) is 0 Å². The molecule has 1 aliphatic carbocycles. The number of rotatable bonds is 4. The second-order valence-electron chi connectivity index (χ2n) is 5.19. The topological polar surface area (TPSA) is 90.2 Å². The summed E-state index contributed by atoms with van der Waals surface area (Å²) in [6.45, 7) is 0. The summed E-state index contributed by atoms with van der Waals surface area (Å²) in [5.41, 5.74) is 1.17. The van der Waals surface area contributed by atoms with E-state index in [0.29, 0.717) is 36.8 Å². The molecule has 0 aliphatic heterocycles. The first-order valence-electron chi connectivity index (χ1n) is 6.65. The third kappa shape index (κ3) is 4.30. The minimum absolute atomic E-state index is 0.0817. The van der Waals surface area contributed by atoms with E-state index in [-0.39, 0.29) is 17.9 Å². The minimum atomic E-state index is -3.39. The van der Waals surface area contributed by atoms with Crippen LogP contribution in [0.3, 0.4) is 0 Å². The van der Waals surface area contributed by atoms with Crippen molar-refractivity contribution in [1.82, 2.24) is 4.72 Å². The Balaban J connectivity index is 1.95. The lowest BCUT2D eigenvalue weighted by atomic mass is 9.94. The van der Waals surface area contributed by atoms with Crippen LogP contribution in [-0.2, 0) is 15.8 Å². The fourth-order valence-corrected chi connectivity index (χ4v) is 3.84. The summed E-state index contributed by atoms with van der Waals surface area (Å²) in [6.07, 6.45) is 2.34. The standard InChI is InChI=1S/C14H18N2O3S/c15-9-11-1-3-12(4-2-11)10-20(18,19)16-13-5-7-14(17)8-6-13/h1-4,13-14,16-17H,5-8,10H2. The van der Waals surface area contributed by atoms with E-state index in [0.717, 1.165) is 0 Å². The zero-order chi connectivity index (χ0) is 14.6. The van der Waals surface area contributed by atoms with E-state index >= 15 is 0 Å². The van der Waals surface area contributed by atoms with Crippen molar-refractivity contribution in [3.05, 3.63) is 35.4 Å². The molecule has 2 rings (SSSR count). The quantitative estimate of drug-likeness (QED) is 0.875. The second-order valence-corrected chi connectivity index (χ2v) is 6.94. The van der Waals surface area contributed by atoms with Crippen LogP contribution in [0, 0.1) is 11.3 Å². The van der Waals surface area contributed by atoms with E-state index in [1.54, 1.807) is 24.3 Å². The lowest BCUT2D eigenvalue weighted by Crippen LogP contribution is -2.39. The number of nitrogens with one attached hydrogen (secondary N) is 1. The molecule has 0 unspecified atom stereocenters. The number of aliphatic hydroxyl groups is 1. The molecule has 0 amide bonds. The summed E-state index contributed by atoms with van der Waals surface area (Å²) in [7, 11) is -3.39. The van der Waals surface area contributed by atoms with Gasteiger partial charge in [0.1, 0.15) is 0 Å². The van der Waals surface area contributed by atoms with Crippen molar-refractivity contribution in [2.45, 2.75) is 43.6 Å². The van der Waals surface area contributed by atoms with Crippen LogP contribution < -0.4 is 4.72 Å². The molecule has 0 spiro atoms. The molecule has 0 radical (unpaired) electrons. The maximum Gasteiger partial charge on any atom is 0.216 e. The highest BCUT2D eigenvalue weighted by molar-refractivity contribution is 7.88. The summed E-state index contributed by atoms with van der Waals surface area (Å²) in [5.74, 6) is -0.0856. The smallest absolute Gasteiger partial charge is 0.216 e. The van der Waals surface area contributed by atoms with Gasteiger partial charge in [-0.05, 0) is 43.4 Å². The van der Waals surface area contributed by atoms with Gasteiger partial charge >= 0.3 is 0 Å². The molecule has 0 atom stereocenters. The van der Waals surface area contributed by atoms with Crippen LogP contribution in [-0.4, -0.2) is 25.7 Å². The lowest BCUT2D eigenvalue weighted by Gasteiger charge is -2.25. The molecule has 6 heteroatoms. The van der Waals surface area contributed by atoms with Crippen molar-refractivity contribution in [1.29, 1.82) is 5.26 Å². The third-order valence-corrected chi connectivity index (χ3v) is 4.89. The summed E-state index contributed by atoms with van der Waals surface area (Å²) >= 11 is 0. The Kier molecular flexibility index (Phi) is 4.76. The van der Waals surface area contributed by atoms with Crippen molar-refractivity contribution >= 4 is 10.0 Å². The number of hydrogen-bond acceptors (Lipinski definition) is 4. The Morgan fingerprint density at radius 3 is 2.35 bits per heavy atom. The molecule has 0 heterocycles. The number of sulfonamides is 1. The second kappa shape index (κ2) is 6.35. The number of aliphatic hydroxyl groups excluding tert-OH is 1. The Morgan fingerprint density at radius 2 is 1.80 bits per heavy atom. The van der Waals surface area contributed by atoms with E-state index < -0.39 is 10.0 Å². The van der Waals surface area contributed by atoms with E-state index in [2.05, 4.69) is 4.72 Å². The minimum Gasteiger partial charge on any atom is -0.393 e. The zero-order valence-corrected chi connectivity index (χ0v) is 11.9. The van der Waals surface area contributed by atoms with Crippen LogP contribution in [0.25, 0.3) is 0 Å². The van der Waals surface area contributed by atoms with Crippen molar-refractivity contribution in [2.24, 2.45) is 0 Å². The normalized spacial score (nSPS) is 23.2. The van der Waals surface area contributed by atoms with Crippen molar-refractivity contribution in [3.8, 4) is 6.07 Å². The van der Waals surface area contributed by atoms with E-state index in [1.165, 1.54) is 0 Å². The maximum absolute atomic E-state index is 12.1. The van der Waals surface area contributed by atoms with Gasteiger partial charge in [-0.2, -0.15) is 5.26 Å². The average Bonchev–Trinajstić information content (AvgIpc) is 2.41. The van der Waals surface area contributed by atoms with Gasteiger partial charge in [-0.15, -0.1) is 0 Å². The number of benzene rings is 1. The molecule has 0 saturated heterocycles. The predicted molar refractivity (Wildman–Crippen MR) is 75.2 cm³/mol. The molecule has 1 saturated carbocycles. The summed E-state index contributed by atoms with van der Waals surface area (Å²) < 4.78 is 26.8. The van der Waals surface area contributed by atoms with E-state index in [1.807, 2.05) is 6.07 Å². The van der Waals surface area contributed by atoms with Gasteiger partial charge in [-0.1, -0.05) is 12.1 Å². The molecule has 5 nitrogen and oxygen atoms in total. The van der Waals surface area contributed by atoms with Gasteiger partial charge in [-0.3, -0.25) is 0 Å². The zero-order valence-electron chi connectivity index (χ0n) is 11.1. The van der Waals surface area contributed by atoms with Crippen LogP contribution in [0.1, 0.15) is 36.8 Å². The molecule has 0 aromatic heterocycles. The molecule has 20 heavy (non-hydrogen) atoms. The molecule has 1 fully saturated rings. The van der Waals surface area contributed by atoms with Crippen LogP contribution >= 0.6 is 0 Å². The largest absolute Gasteiger partial charge is 0.393 e. The average molecular weight is 294 g/mol. The van der Waals surface area contributed by atoms with Crippen LogP contribution in [0.5, 0.6) is 0 Å². The molecule has 1 aromatic carbocycles. The fourth-order valence-electron chi connectivity index (χ4n) is 2.38. The molecule has 108 valence electrons. The van der Waals surface area contributed by atoms with Gasteiger partial charge in [0.2, 0.25) is 10.0 Å². The van der Waals surface area contributed by atoms with Crippen LogP contribution in [0.4, 0.5) is 0 Å². The molecular formula is C14H18N2O3S. The monoisotopic (exact) mass is 294 g/mol. The highest BCUT2D eigenvalue weighted by Gasteiger charge is 2.23. The van der Waals surface area contributed by atoms with E-state index in [4.69, 9.17) is 5.26 Å². The van der Waals surface area contributed by atoms with Gasteiger partial charge in [0.15, 0.2) is 0 Å². The fraction of sp³-hybridized carbons (Fsp3) is 0.500. The molecule has 0 bridgehead atoms. The first-order chi connectivity index (χ1) is 9.48. The number of nitriles is 1. The first-order valence-corrected chi connectivity index (χ1v) is 8.31. The Bertz CT molecular complexity index is 582. The van der Waals surface area contributed by atoms with Gasteiger partial charge in [-0.25, -0.2) is 13.1 Å². The Labute approximate surface area is 119 Å². The first kappa shape index (κ1) is 15.0. The van der Waals surface area contributed by atoms with Crippen molar-refractivity contribution < 1.29 is 13.5 Å². The summed E-state index contributed by atoms with van der Waals surface area (Å²) in [6, 6.07) is 8.45. The molecule has 2 N–H and O–H groups in total. The highest BCUT2D eigenvalue weighted by atomic mass is 32.2. The Morgan fingerprint density at radius 1 is 1.20 bits per heavy atom. The van der Waals surface area contributed by atoms with Gasteiger partial charge in [0.05, 0.1) is 23.5 Å². The molecular weight excluding hydrogens is 276 g/mol. The van der Waals surface area contributed by atoms with Gasteiger partial charge in [0, 0.05) is 6.04 Å². The maximum atomic E-state index is 12.1. The van der Waals surface area contributed by atoms with Crippen molar-refractivity contribution in [2.75, 3.05) is 0 Å². The Hall–Kier alpha value is -1.42. The predicted octanol–water partition coefficient (Wildman–Crippen LogP) is 1.28. The molecule has 1 aromatic rings. The number of nitrogens with zero attached hydrogens (tertiary/aromatic N) is 1.